The number of fused-ring (bicyclic) bond motifs is 1. The molecule has 3 aromatic heterocycles. The Labute approximate surface area is 164 Å². The Hall–Kier alpha value is -2.80. The summed E-state index contributed by atoms with van der Waals surface area (Å²) in [7, 11) is 0. The fourth-order valence-corrected chi connectivity index (χ4v) is 2.77. The fourth-order valence-electron chi connectivity index (χ4n) is 2.77. The summed E-state index contributed by atoms with van der Waals surface area (Å²) in [5.74, 6) is -0.380. The lowest BCUT2D eigenvalue weighted by atomic mass is 10.2. The molecule has 0 spiro atoms. The molecule has 0 fully saturated rings. The van der Waals surface area contributed by atoms with Gasteiger partial charge in [0.25, 0.3) is 0 Å². The molecule has 3 rings (SSSR count). The van der Waals surface area contributed by atoms with Gasteiger partial charge >= 0.3 is 5.97 Å². The molecule has 7 nitrogen and oxygen atoms in total. The van der Waals surface area contributed by atoms with Gasteiger partial charge in [0.15, 0.2) is 5.65 Å². The van der Waals surface area contributed by atoms with E-state index in [1.807, 2.05) is 45.0 Å². The summed E-state index contributed by atoms with van der Waals surface area (Å²) < 4.78 is 12.8. The summed E-state index contributed by atoms with van der Waals surface area (Å²) >= 11 is 0. The van der Waals surface area contributed by atoms with Crippen LogP contribution in [0.25, 0.3) is 11.0 Å². The van der Waals surface area contributed by atoms with Gasteiger partial charge in [0.2, 0.25) is 0 Å². The molecule has 3 aromatic rings. The molecule has 0 unspecified atom stereocenters. The van der Waals surface area contributed by atoms with Crippen LogP contribution in [0.15, 0.2) is 36.7 Å². The van der Waals surface area contributed by atoms with E-state index < -0.39 is 0 Å². The zero-order chi connectivity index (χ0) is 20.1. The molecule has 0 amide bonds. The maximum Gasteiger partial charge on any atom is 0.341 e. The summed E-state index contributed by atoms with van der Waals surface area (Å²) in [4.78, 5) is 21.2. The first-order chi connectivity index (χ1) is 13.4. The number of aryl methyl sites for hydroxylation is 2. The topological polar surface area (TPSA) is 79.1 Å². The largest absolute Gasteiger partial charge is 0.462 e. The highest BCUT2D eigenvalue weighted by Gasteiger charge is 2.21. The maximum absolute atomic E-state index is 12.3. The molecule has 0 atom stereocenters. The zero-order valence-electron chi connectivity index (χ0n) is 16.8. The van der Waals surface area contributed by atoms with E-state index in [1.165, 1.54) is 0 Å². The summed E-state index contributed by atoms with van der Waals surface area (Å²) in [6, 6.07) is 7.89. The van der Waals surface area contributed by atoms with Crippen molar-refractivity contribution in [1.82, 2.24) is 19.7 Å². The first kappa shape index (κ1) is 19.9. The average Bonchev–Trinajstić information content (AvgIpc) is 3.07. The number of esters is 1. The van der Waals surface area contributed by atoms with Crippen molar-refractivity contribution in [2.45, 2.75) is 52.9 Å². The molecular weight excluding hydrogens is 356 g/mol. The molecule has 0 aliphatic heterocycles. The third-order valence-corrected chi connectivity index (χ3v) is 4.19. The van der Waals surface area contributed by atoms with Crippen LogP contribution >= 0.6 is 0 Å². The average molecular weight is 382 g/mol. The number of pyridine rings is 2. The van der Waals surface area contributed by atoms with Crippen LogP contribution in [0.3, 0.4) is 0 Å². The molecule has 3 heterocycles. The number of carbonyl (C=O) groups is 1. The molecule has 148 valence electrons. The first-order valence-corrected chi connectivity index (χ1v) is 9.44. The standard InChI is InChI=1S/C21H26N4O3/c1-5-27-20(26)17-13-23-25(18(17)14-28-21(2,3)4)12-10-16-9-8-15-7-6-11-22-19(15)24-16/h6-9,11,13H,5,10,12,14H2,1-4H3. The van der Waals surface area contributed by atoms with Crippen LogP contribution in [0.2, 0.25) is 0 Å². The third kappa shape index (κ3) is 4.92. The van der Waals surface area contributed by atoms with Gasteiger partial charge in [-0.3, -0.25) is 4.68 Å². The SMILES string of the molecule is CCOC(=O)c1cnn(CCc2ccc3cccnc3n2)c1COC(C)(C)C. The van der Waals surface area contributed by atoms with Crippen molar-refractivity contribution in [3.63, 3.8) is 0 Å². The van der Waals surface area contributed by atoms with Crippen LogP contribution in [0.5, 0.6) is 0 Å². The lowest BCUT2D eigenvalue weighted by Crippen LogP contribution is -2.21. The molecule has 0 radical (unpaired) electrons. The second-order valence-electron chi connectivity index (χ2n) is 7.45. The summed E-state index contributed by atoms with van der Waals surface area (Å²) in [6.07, 6.45) is 3.95. The van der Waals surface area contributed by atoms with E-state index in [2.05, 4.69) is 15.1 Å². The van der Waals surface area contributed by atoms with Gasteiger partial charge in [-0.15, -0.1) is 0 Å². The Morgan fingerprint density at radius 3 is 2.79 bits per heavy atom. The van der Waals surface area contributed by atoms with Crippen LogP contribution in [0.1, 0.15) is 49.4 Å². The van der Waals surface area contributed by atoms with E-state index in [1.54, 1.807) is 24.0 Å². The number of hydrogen-bond donors (Lipinski definition) is 0. The van der Waals surface area contributed by atoms with E-state index in [4.69, 9.17) is 9.47 Å². The van der Waals surface area contributed by atoms with Gasteiger partial charge in [-0.1, -0.05) is 0 Å². The van der Waals surface area contributed by atoms with Crippen molar-refractivity contribution >= 4 is 17.0 Å². The highest BCUT2D eigenvalue weighted by molar-refractivity contribution is 5.90. The Morgan fingerprint density at radius 1 is 1.21 bits per heavy atom. The Balaban J connectivity index is 1.80. The maximum atomic E-state index is 12.3. The molecule has 0 N–H and O–H groups in total. The van der Waals surface area contributed by atoms with Gasteiger partial charge in [-0.2, -0.15) is 5.10 Å². The summed E-state index contributed by atoms with van der Waals surface area (Å²) in [5, 5.41) is 5.40. The number of hydrogen-bond acceptors (Lipinski definition) is 6. The molecular formula is C21H26N4O3. The lowest BCUT2D eigenvalue weighted by molar-refractivity contribution is -0.0186. The number of aromatic nitrogens is 4. The highest BCUT2D eigenvalue weighted by Crippen LogP contribution is 2.17. The molecule has 0 aliphatic carbocycles. The van der Waals surface area contributed by atoms with Gasteiger partial charge in [0, 0.05) is 30.2 Å². The Bertz CT molecular complexity index is 960. The normalized spacial score (nSPS) is 11.7. The quantitative estimate of drug-likeness (QED) is 0.581. The highest BCUT2D eigenvalue weighted by atomic mass is 16.5. The van der Waals surface area contributed by atoms with Crippen molar-refractivity contribution in [1.29, 1.82) is 0 Å². The predicted octanol–water partition coefficient (Wildman–Crippen LogP) is 3.56. The number of carbonyl (C=O) groups excluding carboxylic acids is 1. The van der Waals surface area contributed by atoms with Crippen LogP contribution in [-0.4, -0.2) is 37.9 Å². The van der Waals surface area contributed by atoms with E-state index >= 15 is 0 Å². The molecule has 28 heavy (non-hydrogen) atoms. The number of rotatable bonds is 7. The molecule has 0 bridgehead atoms. The summed E-state index contributed by atoms with van der Waals surface area (Å²) in [5.41, 5.74) is 2.48. The smallest absolute Gasteiger partial charge is 0.341 e. The van der Waals surface area contributed by atoms with E-state index in [9.17, 15) is 4.79 Å². The zero-order valence-corrected chi connectivity index (χ0v) is 16.8. The second-order valence-corrected chi connectivity index (χ2v) is 7.45. The van der Waals surface area contributed by atoms with Gasteiger partial charge in [-0.25, -0.2) is 14.8 Å². The Kier molecular flexibility index (Phi) is 6.04. The lowest BCUT2D eigenvalue weighted by Gasteiger charge is -2.20. The molecule has 7 heteroatoms. The van der Waals surface area contributed by atoms with Crippen LogP contribution in [0, 0.1) is 0 Å². The van der Waals surface area contributed by atoms with Gasteiger partial charge < -0.3 is 9.47 Å². The number of nitrogens with zero attached hydrogens (tertiary/aromatic N) is 4. The minimum Gasteiger partial charge on any atom is -0.462 e. The van der Waals surface area contributed by atoms with Crippen LogP contribution < -0.4 is 0 Å². The molecule has 0 aliphatic rings. The van der Waals surface area contributed by atoms with E-state index in [0.717, 1.165) is 16.7 Å². The minimum absolute atomic E-state index is 0.282. The van der Waals surface area contributed by atoms with Gasteiger partial charge in [0.05, 0.1) is 30.7 Å². The Morgan fingerprint density at radius 2 is 2.04 bits per heavy atom. The molecule has 0 saturated heterocycles. The van der Waals surface area contributed by atoms with Crippen LogP contribution in [0.4, 0.5) is 0 Å². The second kappa shape index (κ2) is 8.48. The van der Waals surface area contributed by atoms with Crippen LogP contribution in [-0.2, 0) is 29.0 Å². The van der Waals surface area contributed by atoms with E-state index in [-0.39, 0.29) is 18.2 Å². The molecule has 0 aromatic carbocycles. The first-order valence-electron chi connectivity index (χ1n) is 9.44. The third-order valence-electron chi connectivity index (χ3n) is 4.19. The van der Waals surface area contributed by atoms with Crippen molar-refractivity contribution in [2.24, 2.45) is 0 Å². The van der Waals surface area contributed by atoms with Crippen molar-refractivity contribution < 1.29 is 14.3 Å². The van der Waals surface area contributed by atoms with E-state index in [0.29, 0.717) is 30.8 Å². The van der Waals surface area contributed by atoms with Gasteiger partial charge in [-0.05, 0) is 52.0 Å². The molecule has 0 saturated carbocycles. The summed E-state index contributed by atoms with van der Waals surface area (Å²) in [6.45, 7) is 8.89. The monoisotopic (exact) mass is 382 g/mol. The van der Waals surface area contributed by atoms with Crippen molar-refractivity contribution in [2.75, 3.05) is 6.61 Å². The van der Waals surface area contributed by atoms with Crippen molar-refractivity contribution in [3.05, 3.63) is 53.6 Å². The van der Waals surface area contributed by atoms with Gasteiger partial charge in [0.1, 0.15) is 5.56 Å². The van der Waals surface area contributed by atoms with Crippen molar-refractivity contribution in [3.8, 4) is 0 Å². The predicted molar refractivity (Wildman–Crippen MR) is 106 cm³/mol. The fraction of sp³-hybridized carbons (Fsp3) is 0.429. The minimum atomic E-state index is -0.380. The number of ether oxygens (including phenoxy) is 2.